The first-order valence-corrected chi connectivity index (χ1v) is 7.64. The standard InChI is InChI=1S/C18H20N2O3.ClH/c1-22-16-4-2-3-5-17(16)23-15-8-6-13(7-9-15)10-20-18(21)14-11-19-12-14;/h2-9,14,19H,10-12H2,1H3,(H,20,21);1H. The number of benzene rings is 2. The van der Waals surface area contributed by atoms with E-state index in [2.05, 4.69) is 10.6 Å². The lowest BCUT2D eigenvalue weighted by molar-refractivity contribution is -0.126. The third-order valence-corrected chi connectivity index (χ3v) is 3.84. The van der Waals surface area contributed by atoms with E-state index in [-0.39, 0.29) is 24.2 Å². The molecule has 1 aliphatic heterocycles. The summed E-state index contributed by atoms with van der Waals surface area (Å²) < 4.78 is 11.1. The molecular formula is C18H21ClN2O3. The van der Waals surface area contributed by atoms with Gasteiger partial charge in [-0.05, 0) is 29.8 Å². The van der Waals surface area contributed by atoms with Crippen molar-refractivity contribution >= 4 is 18.3 Å². The fourth-order valence-corrected chi connectivity index (χ4v) is 2.31. The van der Waals surface area contributed by atoms with E-state index in [0.29, 0.717) is 18.0 Å². The molecule has 0 unspecified atom stereocenters. The van der Waals surface area contributed by atoms with Crippen LogP contribution in [-0.4, -0.2) is 26.1 Å². The fourth-order valence-electron chi connectivity index (χ4n) is 2.31. The first kappa shape index (κ1) is 18.1. The molecule has 1 saturated heterocycles. The number of carbonyl (C=O) groups is 1. The maximum Gasteiger partial charge on any atom is 0.225 e. The zero-order valence-corrected chi connectivity index (χ0v) is 14.3. The molecule has 3 rings (SSSR count). The van der Waals surface area contributed by atoms with Crippen LogP contribution in [0.5, 0.6) is 17.2 Å². The predicted molar refractivity (Wildman–Crippen MR) is 95.0 cm³/mol. The van der Waals surface area contributed by atoms with Crippen molar-refractivity contribution in [3.8, 4) is 17.2 Å². The third kappa shape index (κ3) is 4.40. The second kappa shape index (κ2) is 8.57. The van der Waals surface area contributed by atoms with Gasteiger partial charge in [-0.1, -0.05) is 24.3 Å². The van der Waals surface area contributed by atoms with E-state index >= 15 is 0 Å². The van der Waals surface area contributed by atoms with Crippen LogP contribution in [0.25, 0.3) is 0 Å². The van der Waals surface area contributed by atoms with Crippen LogP contribution >= 0.6 is 12.4 Å². The Morgan fingerprint density at radius 3 is 2.38 bits per heavy atom. The summed E-state index contributed by atoms with van der Waals surface area (Å²) in [5, 5.41) is 6.04. The molecule has 2 N–H and O–H groups in total. The average molecular weight is 349 g/mol. The lowest BCUT2D eigenvalue weighted by atomic mass is 10.0. The molecule has 1 heterocycles. The van der Waals surface area contributed by atoms with Gasteiger partial charge in [-0.2, -0.15) is 0 Å². The Morgan fingerprint density at radius 1 is 1.12 bits per heavy atom. The van der Waals surface area contributed by atoms with Gasteiger partial charge in [0.15, 0.2) is 11.5 Å². The van der Waals surface area contributed by atoms with Gasteiger partial charge in [0.25, 0.3) is 0 Å². The number of amides is 1. The molecule has 24 heavy (non-hydrogen) atoms. The minimum atomic E-state index is 0. The van der Waals surface area contributed by atoms with Crippen molar-refractivity contribution in [3.63, 3.8) is 0 Å². The summed E-state index contributed by atoms with van der Waals surface area (Å²) in [6.07, 6.45) is 0. The van der Waals surface area contributed by atoms with Gasteiger partial charge in [-0.25, -0.2) is 0 Å². The van der Waals surface area contributed by atoms with Crippen LogP contribution in [-0.2, 0) is 11.3 Å². The summed E-state index contributed by atoms with van der Waals surface area (Å²) in [6.45, 7) is 2.08. The van der Waals surface area contributed by atoms with Crippen LogP contribution in [0.2, 0.25) is 0 Å². The van der Waals surface area contributed by atoms with Crippen molar-refractivity contribution in [2.75, 3.05) is 20.2 Å². The maximum atomic E-state index is 11.8. The molecule has 0 aliphatic carbocycles. The van der Waals surface area contributed by atoms with Crippen molar-refractivity contribution in [3.05, 3.63) is 54.1 Å². The molecule has 0 saturated carbocycles. The monoisotopic (exact) mass is 348 g/mol. The molecule has 0 atom stereocenters. The average Bonchev–Trinajstić information content (AvgIpc) is 2.53. The summed E-state index contributed by atoms with van der Waals surface area (Å²) in [6, 6.07) is 15.2. The lowest BCUT2D eigenvalue weighted by Crippen LogP contribution is -2.50. The smallest absolute Gasteiger partial charge is 0.225 e. The van der Waals surface area contributed by atoms with Gasteiger partial charge < -0.3 is 20.1 Å². The van der Waals surface area contributed by atoms with Gasteiger partial charge >= 0.3 is 0 Å². The first-order chi connectivity index (χ1) is 11.3. The van der Waals surface area contributed by atoms with Gasteiger partial charge in [0.1, 0.15) is 5.75 Å². The van der Waals surface area contributed by atoms with Crippen molar-refractivity contribution in [1.29, 1.82) is 0 Å². The van der Waals surface area contributed by atoms with E-state index in [4.69, 9.17) is 9.47 Å². The molecule has 5 nitrogen and oxygen atoms in total. The number of methoxy groups -OCH3 is 1. The van der Waals surface area contributed by atoms with E-state index in [1.165, 1.54) is 0 Å². The van der Waals surface area contributed by atoms with Crippen molar-refractivity contribution in [2.45, 2.75) is 6.54 Å². The highest BCUT2D eigenvalue weighted by atomic mass is 35.5. The Bertz CT molecular complexity index is 672. The minimum absolute atomic E-state index is 0. The lowest BCUT2D eigenvalue weighted by Gasteiger charge is -2.25. The van der Waals surface area contributed by atoms with Crippen molar-refractivity contribution in [2.24, 2.45) is 5.92 Å². The highest BCUT2D eigenvalue weighted by Gasteiger charge is 2.24. The van der Waals surface area contributed by atoms with E-state index in [9.17, 15) is 4.79 Å². The summed E-state index contributed by atoms with van der Waals surface area (Å²) in [5.74, 6) is 2.32. The van der Waals surface area contributed by atoms with Gasteiger partial charge in [-0.3, -0.25) is 4.79 Å². The number of halogens is 1. The normalized spacial score (nSPS) is 13.4. The van der Waals surface area contributed by atoms with Crippen LogP contribution in [0.15, 0.2) is 48.5 Å². The number of hydrogen-bond acceptors (Lipinski definition) is 4. The van der Waals surface area contributed by atoms with E-state index < -0.39 is 0 Å². The molecule has 2 aromatic carbocycles. The molecule has 1 amide bonds. The van der Waals surface area contributed by atoms with Gasteiger partial charge in [0.05, 0.1) is 13.0 Å². The number of para-hydroxylation sites is 2. The van der Waals surface area contributed by atoms with Crippen LogP contribution < -0.4 is 20.1 Å². The number of ether oxygens (including phenoxy) is 2. The van der Waals surface area contributed by atoms with Gasteiger partial charge in [0.2, 0.25) is 5.91 Å². The molecular weight excluding hydrogens is 328 g/mol. The first-order valence-electron chi connectivity index (χ1n) is 7.64. The van der Waals surface area contributed by atoms with Crippen molar-refractivity contribution < 1.29 is 14.3 Å². The summed E-state index contributed by atoms with van der Waals surface area (Å²) in [4.78, 5) is 11.8. The Morgan fingerprint density at radius 2 is 1.79 bits per heavy atom. The second-order valence-corrected chi connectivity index (χ2v) is 5.47. The molecule has 128 valence electrons. The molecule has 2 aromatic rings. The molecule has 1 fully saturated rings. The maximum absolute atomic E-state index is 11.8. The zero-order chi connectivity index (χ0) is 16.1. The van der Waals surface area contributed by atoms with E-state index in [0.717, 1.165) is 24.4 Å². The second-order valence-electron chi connectivity index (χ2n) is 5.47. The Hall–Kier alpha value is -2.24. The molecule has 6 heteroatoms. The summed E-state index contributed by atoms with van der Waals surface area (Å²) in [5.41, 5.74) is 1.04. The van der Waals surface area contributed by atoms with Crippen LogP contribution in [0.4, 0.5) is 0 Å². The Kier molecular flexibility index (Phi) is 6.46. The molecule has 0 radical (unpaired) electrons. The molecule has 0 spiro atoms. The summed E-state index contributed by atoms with van der Waals surface area (Å²) in [7, 11) is 1.62. The predicted octanol–water partition coefficient (Wildman–Crippen LogP) is 2.74. The number of nitrogens with one attached hydrogen (secondary N) is 2. The third-order valence-electron chi connectivity index (χ3n) is 3.84. The number of rotatable bonds is 6. The quantitative estimate of drug-likeness (QED) is 0.842. The number of hydrogen-bond donors (Lipinski definition) is 2. The van der Waals surface area contributed by atoms with Gasteiger partial charge in [-0.15, -0.1) is 12.4 Å². The number of carbonyl (C=O) groups excluding carboxylic acids is 1. The van der Waals surface area contributed by atoms with Gasteiger partial charge in [0, 0.05) is 19.6 Å². The molecule has 1 aliphatic rings. The highest BCUT2D eigenvalue weighted by molar-refractivity contribution is 5.85. The summed E-state index contributed by atoms with van der Waals surface area (Å²) >= 11 is 0. The largest absolute Gasteiger partial charge is 0.493 e. The SMILES string of the molecule is COc1ccccc1Oc1ccc(CNC(=O)C2CNC2)cc1.Cl. The van der Waals surface area contributed by atoms with E-state index in [1.807, 2.05) is 48.5 Å². The van der Waals surface area contributed by atoms with E-state index in [1.54, 1.807) is 7.11 Å². The fraction of sp³-hybridized carbons (Fsp3) is 0.278. The molecule has 0 bridgehead atoms. The van der Waals surface area contributed by atoms with Crippen LogP contribution in [0.3, 0.4) is 0 Å². The topological polar surface area (TPSA) is 59.6 Å². The highest BCUT2D eigenvalue weighted by Crippen LogP contribution is 2.30. The Balaban J connectivity index is 0.00000208. The van der Waals surface area contributed by atoms with Crippen LogP contribution in [0.1, 0.15) is 5.56 Å². The zero-order valence-electron chi connectivity index (χ0n) is 13.5. The van der Waals surface area contributed by atoms with Crippen LogP contribution in [0, 0.1) is 5.92 Å². The Labute approximate surface area is 147 Å². The van der Waals surface area contributed by atoms with Crippen molar-refractivity contribution in [1.82, 2.24) is 10.6 Å². The molecule has 0 aromatic heterocycles. The minimum Gasteiger partial charge on any atom is -0.493 e.